The van der Waals surface area contributed by atoms with Crippen molar-refractivity contribution >= 4 is 23.3 Å². The Bertz CT molecular complexity index is 917. The predicted octanol–water partition coefficient (Wildman–Crippen LogP) is 4.22. The molecule has 0 amide bonds. The Balaban J connectivity index is 1.90. The van der Waals surface area contributed by atoms with Crippen LogP contribution in [0.3, 0.4) is 0 Å². The normalized spacial score (nSPS) is 22.7. The van der Waals surface area contributed by atoms with Crippen molar-refractivity contribution in [2.75, 3.05) is 5.32 Å². The number of ketones is 1. The van der Waals surface area contributed by atoms with Gasteiger partial charge in [0.1, 0.15) is 6.04 Å². The van der Waals surface area contributed by atoms with Gasteiger partial charge in [0.15, 0.2) is 5.78 Å². The summed E-state index contributed by atoms with van der Waals surface area (Å²) in [6.45, 7) is 1.93. The summed E-state index contributed by atoms with van der Waals surface area (Å²) in [7, 11) is 0. The molecular weight excluding hydrogens is 369 g/mol. The van der Waals surface area contributed by atoms with Crippen LogP contribution in [0.2, 0.25) is 5.02 Å². The fourth-order valence-corrected chi connectivity index (χ4v) is 3.61. The quantitative estimate of drug-likeness (QED) is 0.802. The minimum atomic E-state index is -4.67. The number of hydrogen-bond acceptors (Lipinski definition) is 4. The van der Waals surface area contributed by atoms with Crippen LogP contribution in [-0.2, 0) is 11.0 Å². The van der Waals surface area contributed by atoms with Crippen LogP contribution >= 0.6 is 11.6 Å². The second-order valence-electron chi connectivity index (χ2n) is 6.61. The zero-order chi connectivity index (χ0) is 18.6. The molecule has 9 heteroatoms. The number of allylic oxidation sites excluding steroid dienone is 2. The van der Waals surface area contributed by atoms with Gasteiger partial charge in [-0.3, -0.25) is 4.79 Å². The highest BCUT2D eigenvalue weighted by Crippen LogP contribution is 2.42. The van der Waals surface area contributed by atoms with Crippen molar-refractivity contribution in [1.29, 1.82) is 0 Å². The van der Waals surface area contributed by atoms with Gasteiger partial charge in [0, 0.05) is 22.7 Å². The lowest BCUT2D eigenvalue weighted by Crippen LogP contribution is -2.33. The molecule has 26 heavy (non-hydrogen) atoms. The van der Waals surface area contributed by atoms with E-state index in [1.807, 2.05) is 6.92 Å². The molecule has 1 aliphatic heterocycles. The Hall–Kier alpha value is -2.35. The fraction of sp³-hybridized carbons (Fsp3) is 0.353. The molecule has 1 N–H and O–H groups in total. The minimum Gasteiger partial charge on any atom is -0.328 e. The molecule has 5 nitrogen and oxygen atoms in total. The van der Waals surface area contributed by atoms with Gasteiger partial charge >= 0.3 is 6.18 Å². The van der Waals surface area contributed by atoms with Crippen molar-refractivity contribution < 1.29 is 18.0 Å². The van der Waals surface area contributed by atoms with Gasteiger partial charge in [0.05, 0.1) is 0 Å². The molecule has 2 aromatic rings. The molecule has 1 aliphatic carbocycles. The Kier molecular flexibility index (Phi) is 3.83. The minimum absolute atomic E-state index is 0.0158. The van der Waals surface area contributed by atoms with E-state index in [2.05, 4.69) is 15.4 Å². The molecular formula is C17H14ClF3N4O. The second kappa shape index (κ2) is 5.84. The van der Waals surface area contributed by atoms with Crippen LogP contribution in [0, 0.1) is 5.92 Å². The average molecular weight is 383 g/mol. The molecule has 2 heterocycles. The molecule has 0 fully saturated rings. The summed E-state index contributed by atoms with van der Waals surface area (Å²) in [6, 6.07) is 5.88. The van der Waals surface area contributed by atoms with Crippen LogP contribution in [0.1, 0.15) is 37.2 Å². The van der Waals surface area contributed by atoms with Crippen molar-refractivity contribution in [3.63, 3.8) is 0 Å². The molecule has 1 aromatic carbocycles. The molecule has 136 valence electrons. The smallest absolute Gasteiger partial charge is 0.328 e. The topological polar surface area (TPSA) is 59.8 Å². The number of hydrogen-bond donors (Lipinski definition) is 1. The first-order chi connectivity index (χ1) is 12.2. The van der Waals surface area contributed by atoms with E-state index in [0.29, 0.717) is 34.7 Å². The second-order valence-corrected chi connectivity index (χ2v) is 7.05. The summed E-state index contributed by atoms with van der Waals surface area (Å²) >= 11 is 5.93. The fourth-order valence-electron chi connectivity index (χ4n) is 3.48. The van der Waals surface area contributed by atoms with E-state index >= 15 is 0 Å². The number of rotatable bonds is 1. The summed E-state index contributed by atoms with van der Waals surface area (Å²) in [6.07, 6.45) is -3.76. The molecule has 0 saturated carbocycles. The Labute approximate surface area is 151 Å². The Morgan fingerprint density at radius 1 is 1.23 bits per heavy atom. The highest BCUT2D eigenvalue weighted by molar-refractivity contribution is 6.30. The third-order valence-electron chi connectivity index (χ3n) is 4.56. The lowest BCUT2D eigenvalue weighted by Gasteiger charge is -2.34. The van der Waals surface area contributed by atoms with E-state index in [4.69, 9.17) is 11.6 Å². The molecule has 0 bridgehead atoms. The molecule has 0 spiro atoms. The van der Waals surface area contributed by atoms with Gasteiger partial charge in [-0.05, 0) is 30.0 Å². The number of anilines is 1. The maximum Gasteiger partial charge on any atom is 0.453 e. The van der Waals surface area contributed by atoms with Gasteiger partial charge in [-0.25, -0.2) is 4.68 Å². The molecule has 4 rings (SSSR count). The monoisotopic (exact) mass is 382 g/mol. The lowest BCUT2D eigenvalue weighted by molar-refractivity contribution is -0.145. The molecule has 1 aromatic heterocycles. The number of carbonyl (C=O) groups excluding carboxylic acids is 1. The summed E-state index contributed by atoms with van der Waals surface area (Å²) in [5.41, 5.74) is 1.69. The van der Waals surface area contributed by atoms with Crippen LogP contribution < -0.4 is 5.32 Å². The van der Waals surface area contributed by atoms with Crippen molar-refractivity contribution in [1.82, 2.24) is 14.8 Å². The number of halogens is 4. The van der Waals surface area contributed by atoms with Gasteiger partial charge in [0.2, 0.25) is 5.95 Å². The highest BCUT2D eigenvalue weighted by atomic mass is 35.5. The van der Waals surface area contributed by atoms with Gasteiger partial charge < -0.3 is 5.32 Å². The largest absolute Gasteiger partial charge is 0.453 e. The van der Waals surface area contributed by atoms with E-state index in [0.717, 1.165) is 4.68 Å². The number of nitrogens with one attached hydrogen (secondary N) is 1. The SMILES string of the molecule is CC1CC(=O)C2=C(C1)Nc1nc(C(F)(F)F)nn1C2c1ccc(Cl)cc1. The zero-order valence-corrected chi connectivity index (χ0v) is 14.4. The summed E-state index contributed by atoms with van der Waals surface area (Å²) < 4.78 is 40.4. The lowest BCUT2D eigenvalue weighted by atomic mass is 9.81. The predicted molar refractivity (Wildman–Crippen MR) is 88.7 cm³/mol. The first-order valence-electron chi connectivity index (χ1n) is 8.06. The standard InChI is InChI=1S/C17H14ClF3N4O/c1-8-6-11-13(12(26)7-8)14(9-2-4-10(18)5-3-9)25-16(22-11)23-15(24-25)17(19,20)21/h2-5,8,14H,6-7H2,1H3,(H,22,23,24). The van der Waals surface area contributed by atoms with Crippen molar-refractivity contribution in [2.24, 2.45) is 5.92 Å². The van der Waals surface area contributed by atoms with Gasteiger partial charge in [-0.1, -0.05) is 30.7 Å². The van der Waals surface area contributed by atoms with Gasteiger partial charge in [0.25, 0.3) is 5.82 Å². The average Bonchev–Trinajstić information content (AvgIpc) is 2.97. The van der Waals surface area contributed by atoms with E-state index < -0.39 is 18.0 Å². The number of fused-ring (bicyclic) bond motifs is 1. The van der Waals surface area contributed by atoms with Crippen molar-refractivity contribution in [2.45, 2.75) is 32.0 Å². The number of alkyl halides is 3. The van der Waals surface area contributed by atoms with Crippen LogP contribution in [-0.4, -0.2) is 20.5 Å². The third kappa shape index (κ3) is 2.78. The van der Waals surface area contributed by atoms with Crippen LogP contribution in [0.25, 0.3) is 0 Å². The zero-order valence-electron chi connectivity index (χ0n) is 13.6. The van der Waals surface area contributed by atoms with Crippen molar-refractivity contribution in [3.05, 3.63) is 51.9 Å². The summed E-state index contributed by atoms with van der Waals surface area (Å²) in [5.74, 6) is -1.24. The number of carbonyl (C=O) groups is 1. The van der Waals surface area contributed by atoms with Crippen molar-refractivity contribution in [3.8, 4) is 0 Å². The maximum absolute atomic E-state index is 13.1. The molecule has 0 saturated heterocycles. The first kappa shape index (κ1) is 17.1. The Morgan fingerprint density at radius 3 is 2.58 bits per heavy atom. The number of nitrogens with zero attached hydrogens (tertiary/aromatic N) is 3. The van der Waals surface area contributed by atoms with Crippen LogP contribution in [0.4, 0.5) is 19.1 Å². The highest BCUT2D eigenvalue weighted by Gasteiger charge is 2.42. The van der Waals surface area contributed by atoms with Crippen LogP contribution in [0.15, 0.2) is 35.5 Å². The Morgan fingerprint density at radius 2 is 1.92 bits per heavy atom. The summed E-state index contributed by atoms with van der Waals surface area (Å²) in [4.78, 5) is 16.3. The maximum atomic E-state index is 13.1. The van der Waals surface area contributed by atoms with Gasteiger partial charge in [-0.2, -0.15) is 18.2 Å². The van der Waals surface area contributed by atoms with Gasteiger partial charge in [-0.15, -0.1) is 5.10 Å². The molecule has 0 radical (unpaired) electrons. The molecule has 2 atom stereocenters. The van der Waals surface area contributed by atoms with E-state index in [1.54, 1.807) is 24.3 Å². The number of aromatic nitrogens is 3. The number of benzene rings is 1. The molecule has 2 unspecified atom stereocenters. The van der Waals surface area contributed by atoms with E-state index in [1.165, 1.54) is 0 Å². The van der Waals surface area contributed by atoms with E-state index in [9.17, 15) is 18.0 Å². The van der Waals surface area contributed by atoms with Crippen LogP contribution in [0.5, 0.6) is 0 Å². The third-order valence-corrected chi connectivity index (χ3v) is 4.82. The summed E-state index contributed by atoms with van der Waals surface area (Å²) in [5, 5.41) is 7.03. The molecule has 2 aliphatic rings. The first-order valence-corrected chi connectivity index (χ1v) is 8.44. The number of Topliss-reactive ketones (excluding diaryl/α,β-unsaturated/α-hetero) is 1. The van der Waals surface area contributed by atoms with E-state index in [-0.39, 0.29) is 17.6 Å².